The van der Waals surface area contributed by atoms with Crippen LogP contribution in [0, 0.1) is 0 Å². The number of hydrogen-bond donors (Lipinski definition) is 1. The zero-order valence-corrected chi connectivity index (χ0v) is 10.8. The highest BCUT2D eigenvalue weighted by Crippen LogP contribution is 2.35. The highest BCUT2D eigenvalue weighted by molar-refractivity contribution is 7.89. The van der Waals surface area contributed by atoms with Crippen LogP contribution in [0.5, 0.6) is 5.75 Å². The van der Waals surface area contributed by atoms with Crippen molar-refractivity contribution in [2.75, 3.05) is 12.4 Å². The standard InChI is InChI=1S/C11H14F3NO3S/c12-11(13,14)9-5-1-2-6-10(9)18-7-3-4-8-19(15,16)17/h1-2,5-6H,3-4,7-8H2,(H2,15,16,17). The molecular formula is C11H14F3NO3S. The fraction of sp³-hybridized carbons (Fsp3) is 0.455. The molecule has 0 amide bonds. The first-order chi connectivity index (χ1) is 8.70. The molecule has 0 unspecified atom stereocenters. The van der Waals surface area contributed by atoms with Gasteiger partial charge >= 0.3 is 6.18 Å². The van der Waals surface area contributed by atoms with E-state index in [0.717, 1.165) is 6.07 Å². The summed E-state index contributed by atoms with van der Waals surface area (Å²) in [6, 6.07) is 4.87. The Bertz CT molecular complexity index is 514. The van der Waals surface area contributed by atoms with Crippen LogP contribution in [0.3, 0.4) is 0 Å². The van der Waals surface area contributed by atoms with Crippen molar-refractivity contribution in [1.82, 2.24) is 0 Å². The minimum Gasteiger partial charge on any atom is -0.493 e. The Balaban J connectivity index is 2.50. The predicted molar refractivity (Wildman–Crippen MR) is 64.1 cm³/mol. The minimum absolute atomic E-state index is 0.00259. The molecule has 0 heterocycles. The van der Waals surface area contributed by atoms with Gasteiger partial charge in [0, 0.05) is 0 Å². The first-order valence-electron chi connectivity index (χ1n) is 5.49. The number of ether oxygens (including phenoxy) is 1. The van der Waals surface area contributed by atoms with Gasteiger partial charge < -0.3 is 4.74 Å². The third-order valence-corrected chi connectivity index (χ3v) is 3.13. The first-order valence-corrected chi connectivity index (χ1v) is 7.21. The Morgan fingerprint density at radius 2 is 1.79 bits per heavy atom. The van der Waals surface area contributed by atoms with Crippen molar-refractivity contribution in [3.05, 3.63) is 29.8 Å². The van der Waals surface area contributed by atoms with E-state index in [1.807, 2.05) is 0 Å². The van der Waals surface area contributed by atoms with E-state index in [0.29, 0.717) is 6.42 Å². The molecule has 1 rings (SSSR count). The number of para-hydroxylation sites is 1. The molecule has 2 N–H and O–H groups in total. The normalized spacial score (nSPS) is 12.4. The fourth-order valence-corrected chi connectivity index (χ4v) is 2.02. The number of sulfonamides is 1. The van der Waals surface area contributed by atoms with Gasteiger partial charge in [0.2, 0.25) is 10.0 Å². The zero-order valence-electron chi connectivity index (χ0n) is 9.98. The van der Waals surface area contributed by atoms with Crippen LogP contribution >= 0.6 is 0 Å². The fourth-order valence-electron chi connectivity index (χ4n) is 1.41. The predicted octanol–water partition coefficient (Wildman–Crippen LogP) is 2.15. The van der Waals surface area contributed by atoms with Crippen molar-refractivity contribution < 1.29 is 26.3 Å². The van der Waals surface area contributed by atoms with Crippen LogP contribution in [0.15, 0.2) is 24.3 Å². The monoisotopic (exact) mass is 297 g/mol. The van der Waals surface area contributed by atoms with Gasteiger partial charge in [-0.25, -0.2) is 13.6 Å². The summed E-state index contributed by atoms with van der Waals surface area (Å²) in [5.41, 5.74) is -0.846. The van der Waals surface area contributed by atoms with Crippen molar-refractivity contribution in [3.63, 3.8) is 0 Å². The molecule has 19 heavy (non-hydrogen) atoms. The van der Waals surface area contributed by atoms with E-state index in [9.17, 15) is 21.6 Å². The van der Waals surface area contributed by atoms with E-state index in [4.69, 9.17) is 9.88 Å². The molecule has 0 aliphatic carbocycles. The summed E-state index contributed by atoms with van der Waals surface area (Å²) in [5.74, 6) is -0.470. The van der Waals surface area contributed by atoms with Crippen LogP contribution in [-0.4, -0.2) is 20.8 Å². The Kier molecular flexibility index (Phi) is 5.19. The average Bonchev–Trinajstić information content (AvgIpc) is 2.26. The number of rotatable bonds is 6. The number of alkyl halides is 3. The van der Waals surface area contributed by atoms with Crippen LogP contribution in [0.2, 0.25) is 0 Å². The molecular weight excluding hydrogens is 283 g/mol. The van der Waals surface area contributed by atoms with Crippen molar-refractivity contribution in [2.45, 2.75) is 19.0 Å². The van der Waals surface area contributed by atoms with Gasteiger partial charge in [0.15, 0.2) is 0 Å². The zero-order chi connectivity index (χ0) is 14.5. The third kappa shape index (κ3) is 5.93. The van der Waals surface area contributed by atoms with Crippen molar-refractivity contribution >= 4 is 10.0 Å². The molecule has 0 bridgehead atoms. The number of benzene rings is 1. The minimum atomic E-state index is -4.48. The lowest BCUT2D eigenvalue weighted by molar-refractivity contribution is -0.138. The van der Waals surface area contributed by atoms with Crippen LogP contribution in [-0.2, 0) is 16.2 Å². The maximum absolute atomic E-state index is 12.6. The highest BCUT2D eigenvalue weighted by atomic mass is 32.2. The molecule has 0 fully saturated rings. The van der Waals surface area contributed by atoms with Gasteiger partial charge in [-0.3, -0.25) is 0 Å². The van der Waals surface area contributed by atoms with Crippen molar-refractivity contribution in [3.8, 4) is 5.75 Å². The second kappa shape index (κ2) is 6.25. The van der Waals surface area contributed by atoms with Crippen LogP contribution in [0.4, 0.5) is 13.2 Å². The number of nitrogens with two attached hydrogens (primary N) is 1. The Hall–Kier alpha value is -1.28. The largest absolute Gasteiger partial charge is 0.493 e. The summed E-state index contributed by atoms with van der Waals surface area (Å²) in [4.78, 5) is 0. The Morgan fingerprint density at radius 1 is 1.16 bits per heavy atom. The summed E-state index contributed by atoms with van der Waals surface area (Å²) >= 11 is 0. The van der Waals surface area contributed by atoms with Gasteiger partial charge in [0.25, 0.3) is 0 Å². The summed E-state index contributed by atoms with van der Waals surface area (Å²) in [5, 5.41) is 4.79. The van der Waals surface area contributed by atoms with Gasteiger partial charge in [0.05, 0.1) is 17.9 Å². The quantitative estimate of drug-likeness (QED) is 0.818. The molecule has 0 aromatic heterocycles. The Labute approximate surface area is 109 Å². The SMILES string of the molecule is NS(=O)(=O)CCCCOc1ccccc1C(F)(F)F. The van der Waals surface area contributed by atoms with Crippen LogP contribution < -0.4 is 9.88 Å². The van der Waals surface area contributed by atoms with Gasteiger partial charge in [-0.2, -0.15) is 13.2 Å². The highest BCUT2D eigenvalue weighted by Gasteiger charge is 2.33. The second-order valence-electron chi connectivity index (χ2n) is 3.92. The van der Waals surface area contributed by atoms with Gasteiger partial charge in [-0.15, -0.1) is 0 Å². The molecule has 0 saturated carbocycles. The van der Waals surface area contributed by atoms with Gasteiger partial charge in [-0.1, -0.05) is 12.1 Å². The first kappa shape index (κ1) is 15.8. The third-order valence-electron chi connectivity index (χ3n) is 2.27. The van der Waals surface area contributed by atoms with Gasteiger partial charge in [-0.05, 0) is 25.0 Å². The summed E-state index contributed by atoms with van der Waals surface area (Å²) in [6.45, 7) is 0.00259. The topological polar surface area (TPSA) is 69.4 Å². The molecule has 8 heteroatoms. The number of halogens is 3. The molecule has 0 atom stereocenters. The lowest BCUT2D eigenvalue weighted by Gasteiger charge is -2.13. The van der Waals surface area contributed by atoms with E-state index in [2.05, 4.69) is 0 Å². The van der Waals surface area contributed by atoms with E-state index in [-0.39, 0.29) is 24.5 Å². The molecule has 0 radical (unpaired) electrons. The molecule has 0 aliphatic heterocycles. The maximum Gasteiger partial charge on any atom is 0.419 e. The second-order valence-corrected chi connectivity index (χ2v) is 5.65. The average molecular weight is 297 g/mol. The summed E-state index contributed by atoms with van der Waals surface area (Å²) in [7, 11) is -3.54. The molecule has 1 aromatic rings. The Morgan fingerprint density at radius 3 is 2.37 bits per heavy atom. The van der Waals surface area contributed by atoms with Gasteiger partial charge in [0.1, 0.15) is 5.75 Å². The molecule has 0 saturated heterocycles. The summed E-state index contributed by atoms with van der Waals surface area (Å²) in [6.07, 6.45) is -3.92. The van der Waals surface area contributed by atoms with E-state index in [1.165, 1.54) is 18.2 Å². The molecule has 0 spiro atoms. The van der Waals surface area contributed by atoms with E-state index >= 15 is 0 Å². The van der Waals surface area contributed by atoms with E-state index in [1.54, 1.807) is 0 Å². The lowest BCUT2D eigenvalue weighted by atomic mass is 10.2. The molecule has 4 nitrogen and oxygen atoms in total. The smallest absolute Gasteiger partial charge is 0.419 e. The number of hydrogen-bond acceptors (Lipinski definition) is 3. The molecule has 108 valence electrons. The van der Waals surface area contributed by atoms with Crippen molar-refractivity contribution in [2.24, 2.45) is 5.14 Å². The van der Waals surface area contributed by atoms with E-state index < -0.39 is 21.8 Å². The molecule has 1 aromatic carbocycles. The number of unbranched alkanes of at least 4 members (excludes halogenated alkanes) is 1. The summed E-state index contributed by atoms with van der Waals surface area (Å²) < 4.78 is 64.1. The van der Waals surface area contributed by atoms with Crippen LogP contribution in [0.1, 0.15) is 18.4 Å². The van der Waals surface area contributed by atoms with Crippen LogP contribution in [0.25, 0.3) is 0 Å². The number of primary sulfonamides is 1. The van der Waals surface area contributed by atoms with Crippen molar-refractivity contribution in [1.29, 1.82) is 0 Å². The maximum atomic E-state index is 12.6. The lowest BCUT2D eigenvalue weighted by Crippen LogP contribution is -2.17. The molecule has 0 aliphatic rings.